The second-order valence-corrected chi connectivity index (χ2v) is 7.46. The Bertz CT molecular complexity index is 1300. The third-order valence-electron chi connectivity index (χ3n) is 5.74. The molecule has 1 amide bonds. The molecule has 6 nitrogen and oxygen atoms in total. The van der Waals surface area contributed by atoms with Gasteiger partial charge in [0.25, 0.3) is 0 Å². The van der Waals surface area contributed by atoms with Gasteiger partial charge in [0.15, 0.2) is 0 Å². The summed E-state index contributed by atoms with van der Waals surface area (Å²) in [7, 11) is 1.32. The summed E-state index contributed by atoms with van der Waals surface area (Å²) in [5.74, 6) is -0.935. The van der Waals surface area contributed by atoms with E-state index >= 15 is 0 Å². The Morgan fingerprint density at radius 3 is 2.58 bits per heavy atom. The van der Waals surface area contributed by atoms with Crippen molar-refractivity contribution in [2.45, 2.75) is 13.0 Å². The summed E-state index contributed by atoms with van der Waals surface area (Å²) in [5.41, 5.74) is 4.57. The molecule has 1 aliphatic rings. The smallest absolute Gasteiger partial charge is 0.354 e. The highest BCUT2D eigenvalue weighted by atomic mass is 19.1. The van der Waals surface area contributed by atoms with Crippen molar-refractivity contribution in [1.29, 1.82) is 0 Å². The van der Waals surface area contributed by atoms with Crippen molar-refractivity contribution < 1.29 is 18.7 Å². The minimum atomic E-state index is -0.517. The molecular weight excluding hydrogens is 397 g/mol. The summed E-state index contributed by atoms with van der Waals surface area (Å²) in [6.07, 6.45) is 2.65. The van der Waals surface area contributed by atoms with E-state index in [2.05, 4.69) is 0 Å². The van der Waals surface area contributed by atoms with Crippen LogP contribution in [0.1, 0.15) is 16.1 Å². The van der Waals surface area contributed by atoms with Gasteiger partial charge in [0.1, 0.15) is 18.1 Å². The quantitative estimate of drug-likeness (QED) is 0.473. The van der Waals surface area contributed by atoms with Gasteiger partial charge >= 0.3 is 5.97 Å². The molecule has 0 unspecified atom stereocenters. The lowest BCUT2D eigenvalue weighted by atomic mass is 10.2. The summed E-state index contributed by atoms with van der Waals surface area (Å²) in [6.45, 7) is 0.627. The number of carbonyl (C=O) groups is 2. The molecule has 5 rings (SSSR count). The molecule has 0 atom stereocenters. The first kappa shape index (κ1) is 19.1. The second kappa shape index (κ2) is 7.43. The van der Waals surface area contributed by atoms with Crippen molar-refractivity contribution >= 4 is 28.6 Å². The maximum Gasteiger partial charge on any atom is 0.354 e. The van der Waals surface area contributed by atoms with Gasteiger partial charge in [-0.3, -0.25) is 4.79 Å². The Morgan fingerprint density at radius 1 is 1.03 bits per heavy atom. The Hall–Kier alpha value is -3.87. The fraction of sp³-hybridized carbons (Fsp3) is 0.167. The number of aromatic nitrogens is 2. The first-order valence-corrected chi connectivity index (χ1v) is 10.00. The number of benzene rings is 2. The van der Waals surface area contributed by atoms with Crippen LogP contribution in [0.3, 0.4) is 0 Å². The summed E-state index contributed by atoms with van der Waals surface area (Å²) in [6, 6.07) is 17.5. The van der Waals surface area contributed by atoms with Gasteiger partial charge in [-0.05, 0) is 54.4 Å². The van der Waals surface area contributed by atoms with E-state index < -0.39 is 5.97 Å². The minimum Gasteiger partial charge on any atom is -0.464 e. The van der Waals surface area contributed by atoms with Crippen molar-refractivity contribution in [2.75, 3.05) is 18.6 Å². The maximum atomic E-state index is 13.3. The molecule has 0 bridgehead atoms. The Labute approximate surface area is 178 Å². The molecule has 7 heteroatoms. The number of carbonyl (C=O) groups excluding carboxylic acids is 2. The lowest BCUT2D eigenvalue weighted by molar-refractivity contribution is -0.119. The van der Waals surface area contributed by atoms with Crippen LogP contribution in [0.5, 0.6) is 0 Å². The highest BCUT2D eigenvalue weighted by Gasteiger charge is 2.27. The number of esters is 1. The summed E-state index contributed by atoms with van der Waals surface area (Å²) >= 11 is 0. The lowest BCUT2D eigenvalue weighted by Gasteiger charge is -2.18. The normalized spacial score (nSPS) is 12.9. The van der Waals surface area contributed by atoms with Crippen LogP contribution in [-0.2, 0) is 22.5 Å². The van der Waals surface area contributed by atoms with E-state index in [0.717, 1.165) is 34.4 Å². The van der Waals surface area contributed by atoms with Gasteiger partial charge in [-0.2, -0.15) is 0 Å². The highest BCUT2D eigenvalue weighted by Crippen LogP contribution is 2.29. The van der Waals surface area contributed by atoms with E-state index in [1.165, 1.54) is 19.2 Å². The van der Waals surface area contributed by atoms with Gasteiger partial charge in [-0.25, -0.2) is 9.18 Å². The fourth-order valence-corrected chi connectivity index (χ4v) is 4.23. The van der Waals surface area contributed by atoms with Gasteiger partial charge in [-0.15, -0.1) is 0 Å². The first-order chi connectivity index (χ1) is 15.1. The number of fused-ring (bicyclic) bond motifs is 2. The maximum absolute atomic E-state index is 13.3. The number of amides is 1. The van der Waals surface area contributed by atoms with Crippen molar-refractivity contribution in [3.8, 4) is 5.69 Å². The monoisotopic (exact) mass is 417 g/mol. The second-order valence-electron chi connectivity index (χ2n) is 7.46. The predicted molar refractivity (Wildman–Crippen MR) is 115 cm³/mol. The molecule has 2 aromatic carbocycles. The van der Waals surface area contributed by atoms with Gasteiger partial charge in [0.05, 0.1) is 18.1 Å². The Kier molecular flexibility index (Phi) is 4.58. The van der Waals surface area contributed by atoms with E-state index in [0.29, 0.717) is 12.2 Å². The number of para-hydroxylation sites is 1. The standard InChI is InChI=1S/C24H20FN3O3/c1-31-24(30)22-14-21-20(11-13-26(21)18-8-6-17(25)7-9-18)28(22)15-23(29)27-12-10-16-4-2-3-5-19(16)27/h2-9,11,13-14H,10,12,15H2,1H3. The summed E-state index contributed by atoms with van der Waals surface area (Å²) in [4.78, 5) is 27.4. The summed E-state index contributed by atoms with van der Waals surface area (Å²) in [5, 5.41) is 0. The summed E-state index contributed by atoms with van der Waals surface area (Å²) < 4.78 is 21.8. The number of methoxy groups -OCH3 is 1. The molecule has 0 spiro atoms. The number of hydrogen-bond donors (Lipinski definition) is 0. The number of rotatable bonds is 4. The van der Waals surface area contributed by atoms with Gasteiger partial charge in [0, 0.05) is 24.1 Å². The lowest BCUT2D eigenvalue weighted by Crippen LogP contribution is -2.33. The zero-order chi connectivity index (χ0) is 21.5. The largest absolute Gasteiger partial charge is 0.464 e. The molecule has 0 radical (unpaired) electrons. The molecule has 0 saturated heterocycles. The number of nitrogens with zero attached hydrogens (tertiary/aromatic N) is 3. The average Bonchev–Trinajstić information content (AvgIpc) is 3.48. The third kappa shape index (κ3) is 3.18. The number of anilines is 1. The van der Waals surface area contributed by atoms with E-state index in [1.54, 1.807) is 27.7 Å². The van der Waals surface area contributed by atoms with Crippen LogP contribution in [-0.4, -0.2) is 34.7 Å². The van der Waals surface area contributed by atoms with Crippen LogP contribution in [0.15, 0.2) is 66.9 Å². The van der Waals surface area contributed by atoms with Crippen LogP contribution in [0.4, 0.5) is 10.1 Å². The third-order valence-corrected chi connectivity index (χ3v) is 5.74. The molecule has 0 saturated carbocycles. The molecule has 3 heterocycles. The van der Waals surface area contributed by atoms with Crippen molar-refractivity contribution in [3.63, 3.8) is 0 Å². The van der Waals surface area contributed by atoms with Crippen LogP contribution < -0.4 is 4.90 Å². The fourth-order valence-electron chi connectivity index (χ4n) is 4.23. The molecule has 2 aromatic heterocycles. The molecule has 31 heavy (non-hydrogen) atoms. The van der Waals surface area contributed by atoms with E-state index in [4.69, 9.17) is 4.74 Å². The molecular formula is C24H20FN3O3. The van der Waals surface area contributed by atoms with E-state index in [9.17, 15) is 14.0 Å². The van der Waals surface area contributed by atoms with Gasteiger partial charge < -0.3 is 18.8 Å². The zero-order valence-corrected chi connectivity index (χ0v) is 16.9. The van der Waals surface area contributed by atoms with Crippen LogP contribution >= 0.6 is 0 Å². The van der Waals surface area contributed by atoms with E-state index in [-0.39, 0.29) is 18.3 Å². The number of halogens is 1. The van der Waals surface area contributed by atoms with Crippen molar-refractivity contribution in [2.24, 2.45) is 0 Å². The van der Waals surface area contributed by atoms with Gasteiger partial charge in [-0.1, -0.05) is 18.2 Å². The van der Waals surface area contributed by atoms with Gasteiger partial charge in [0.2, 0.25) is 5.91 Å². The molecule has 0 aliphatic carbocycles. The van der Waals surface area contributed by atoms with Crippen molar-refractivity contribution in [1.82, 2.24) is 9.13 Å². The Morgan fingerprint density at radius 2 is 1.81 bits per heavy atom. The number of ether oxygens (including phenoxy) is 1. The topological polar surface area (TPSA) is 56.5 Å². The highest BCUT2D eigenvalue weighted by molar-refractivity contribution is 5.99. The van der Waals surface area contributed by atoms with Crippen LogP contribution in [0, 0.1) is 5.82 Å². The predicted octanol–water partition coefficient (Wildman–Crippen LogP) is 3.95. The zero-order valence-electron chi connectivity index (χ0n) is 16.9. The van der Waals surface area contributed by atoms with Crippen molar-refractivity contribution in [3.05, 3.63) is 83.9 Å². The molecule has 0 fully saturated rings. The average molecular weight is 417 g/mol. The Balaban J connectivity index is 1.55. The number of hydrogen-bond acceptors (Lipinski definition) is 3. The molecule has 0 N–H and O–H groups in total. The SMILES string of the molecule is COC(=O)c1cc2c(ccn2-c2ccc(F)cc2)n1CC(=O)N1CCc2ccccc21. The van der Waals surface area contributed by atoms with E-state index in [1.807, 2.05) is 41.1 Å². The molecule has 1 aliphatic heterocycles. The van der Waals surface area contributed by atoms with Crippen LogP contribution in [0.2, 0.25) is 0 Å². The molecule has 156 valence electrons. The molecule has 4 aromatic rings. The minimum absolute atomic E-state index is 0.00962. The van der Waals surface area contributed by atoms with Crippen LogP contribution in [0.25, 0.3) is 16.7 Å². The first-order valence-electron chi connectivity index (χ1n) is 10.00.